The van der Waals surface area contributed by atoms with E-state index in [0.717, 1.165) is 50.9 Å². The first-order chi connectivity index (χ1) is 12.6. The van der Waals surface area contributed by atoms with Gasteiger partial charge in [0.1, 0.15) is 6.23 Å². The van der Waals surface area contributed by atoms with Gasteiger partial charge in [-0.3, -0.25) is 4.90 Å². The number of amides is 1. The van der Waals surface area contributed by atoms with Crippen LogP contribution >= 0.6 is 0 Å². The SMILES string of the molecule is CCOC(=O)N[C@H]1CCN(C2CCC3(CC2)c2ccccc2NC3O)C1. The molecule has 26 heavy (non-hydrogen) atoms. The number of hydrogen-bond acceptors (Lipinski definition) is 5. The van der Waals surface area contributed by atoms with Crippen LogP contribution in [-0.4, -0.2) is 54.1 Å². The third-order valence-electron chi connectivity index (χ3n) is 6.46. The van der Waals surface area contributed by atoms with Crippen molar-refractivity contribution < 1.29 is 14.6 Å². The molecule has 0 aromatic heterocycles. The molecule has 0 radical (unpaired) electrons. The zero-order valence-electron chi connectivity index (χ0n) is 15.4. The normalized spacial score (nSPS) is 33.7. The fourth-order valence-corrected chi connectivity index (χ4v) is 5.08. The number of aliphatic hydroxyl groups excluding tert-OH is 1. The highest BCUT2D eigenvalue weighted by Gasteiger charge is 2.49. The number of carbonyl (C=O) groups excluding carboxylic acids is 1. The lowest BCUT2D eigenvalue weighted by Crippen LogP contribution is -2.47. The molecule has 1 unspecified atom stereocenters. The number of ether oxygens (including phenoxy) is 1. The Bertz CT molecular complexity index is 657. The molecule has 1 saturated carbocycles. The van der Waals surface area contributed by atoms with Gasteiger partial charge in [-0.1, -0.05) is 18.2 Å². The van der Waals surface area contributed by atoms with Crippen molar-refractivity contribution >= 4 is 11.8 Å². The zero-order valence-corrected chi connectivity index (χ0v) is 15.4. The summed E-state index contributed by atoms with van der Waals surface area (Å²) in [7, 11) is 0. The maximum absolute atomic E-state index is 11.6. The predicted molar refractivity (Wildman–Crippen MR) is 100 cm³/mol. The first kappa shape index (κ1) is 17.6. The summed E-state index contributed by atoms with van der Waals surface area (Å²) in [6.07, 6.45) is 4.34. The molecule has 1 saturated heterocycles. The molecule has 1 aromatic carbocycles. The summed E-state index contributed by atoms with van der Waals surface area (Å²) in [6, 6.07) is 9.03. The number of fused-ring (bicyclic) bond motifs is 2. The van der Waals surface area contributed by atoms with Crippen molar-refractivity contribution in [3.8, 4) is 0 Å². The zero-order chi connectivity index (χ0) is 18.1. The van der Waals surface area contributed by atoms with Crippen molar-refractivity contribution in [2.75, 3.05) is 25.0 Å². The molecule has 1 aliphatic carbocycles. The molecule has 2 fully saturated rings. The molecule has 4 rings (SSSR count). The highest BCUT2D eigenvalue weighted by atomic mass is 16.5. The van der Waals surface area contributed by atoms with Crippen LogP contribution in [0.4, 0.5) is 10.5 Å². The van der Waals surface area contributed by atoms with E-state index in [4.69, 9.17) is 4.74 Å². The Morgan fingerprint density at radius 3 is 2.88 bits per heavy atom. The summed E-state index contributed by atoms with van der Waals surface area (Å²) < 4.78 is 4.99. The van der Waals surface area contributed by atoms with Gasteiger partial charge in [-0.15, -0.1) is 0 Å². The average Bonchev–Trinajstić information content (AvgIpc) is 3.20. The first-order valence-corrected chi connectivity index (χ1v) is 9.84. The second-order valence-corrected chi connectivity index (χ2v) is 7.83. The number of likely N-dealkylation sites (tertiary alicyclic amines) is 1. The molecule has 6 heteroatoms. The van der Waals surface area contributed by atoms with Crippen LogP contribution in [0.1, 0.15) is 44.6 Å². The molecular weight excluding hydrogens is 330 g/mol. The topological polar surface area (TPSA) is 73.8 Å². The monoisotopic (exact) mass is 359 g/mol. The third kappa shape index (κ3) is 3.05. The summed E-state index contributed by atoms with van der Waals surface area (Å²) in [4.78, 5) is 14.1. The minimum atomic E-state index is -0.488. The van der Waals surface area contributed by atoms with Crippen LogP contribution in [0.2, 0.25) is 0 Å². The Balaban J connectivity index is 1.35. The number of nitrogens with one attached hydrogen (secondary N) is 2. The summed E-state index contributed by atoms with van der Waals surface area (Å²) in [5.41, 5.74) is 2.21. The molecule has 0 bridgehead atoms. The number of carbonyl (C=O) groups is 1. The summed E-state index contributed by atoms with van der Waals surface area (Å²) >= 11 is 0. The average molecular weight is 359 g/mol. The van der Waals surface area contributed by atoms with E-state index < -0.39 is 6.23 Å². The lowest BCUT2D eigenvalue weighted by atomic mass is 9.68. The van der Waals surface area contributed by atoms with Gasteiger partial charge in [-0.2, -0.15) is 0 Å². The molecule has 2 heterocycles. The summed E-state index contributed by atoms with van der Waals surface area (Å²) in [6.45, 7) is 4.15. The van der Waals surface area contributed by atoms with Crippen molar-refractivity contribution in [3.05, 3.63) is 29.8 Å². The molecule has 1 aromatic rings. The van der Waals surface area contributed by atoms with Crippen LogP contribution < -0.4 is 10.6 Å². The molecular formula is C20H29N3O3. The van der Waals surface area contributed by atoms with E-state index in [1.54, 1.807) is 0 Å². The Labute approximate surface area is 154 Å². The molecule has 2 aliphatic heterocycles. The molecule has 1 amide bonds. The minimum Gasteiger partial charge on any atom is -0.450 e. The van der Waals surface area contributed by atoms with Gasteiger partial charge in [0.05, 0.1) is 6.61 Å². The van der Waals surface area contributed by atoms with Crippen LogP contribution in [-0.2, 0) is 10.2 Å². The first-order valence-electron chi connectivity index (χ1n) is 9.84. The second kappa shape index (κ2) is 7.08. The Morgan fingerprint density at radius 2 is 2.12 bits per heavy atom. The third-order valence-corrected chi connectivity index (χ3v) is 6.46. The van der Waals surface area contributed by atoms with E-state index in [2.05, 4.69) is 33.7 Å². The molecule has 6 nitrogen and oxygen atoms in total. The van der Waals surface area contributed by atoms with E-state index >= 15 is 0 Å². The van der Waals surface area contributed by atoms with Crippen LogP contribution in [0.3, 0.4) is 0 Å². The Kier molecular flexibility index (Phi) is 4.80. The largest absolute Gasteiger partial charge is 0.450 e. The van der Waals surface area contributed by atoms with Crippen molar-refractivity contribution in [2.24, 2.45) is 0 Å². The van der Waals surface area contributed by atoms with E-state index in [-0.39, 0.29) is 17.6 Å². The Hall–Kier alpha value is -1.79. The molecule has 3 N–H and O–H groups in total. The lowest BCUT2D eigenvalue weighted by molar-refractivity contribution is 0.0582. The molecule has 142 valence electrons. The predicted octanol–water partition coefficient (Wildman–Crippen LogP) is 2.43. The second-order valence-electron chi connectivity index (χ2n) is 7.83. The Morgan fingerprint density at radius 1 is 1.35 bits per heavy atom. The summed E-state index contributed by atoms with van der Waals surface area (Å²) in [5.74, 6) is 0. The van der Waals surface area contributed by atoms with Gasteiger partial charge in [-0.05, 0) is 50.7 Å². The fraction of sp³-hybridized carbons (Fsp3) is 0.650. The number of para-hydroxylation sites is 1. The highest BCUT2D eigenvalue weighted by molar-refractivity contribution is 5.67. The number of anilines is 1. The minimum absolute atomic E-state index is 0.143. The van der Waals surface area contributed by atoms with E-state index in [0.29, 0.717) is 12.6 Å². The number of rotatable bonds is 3. The van der Waals surface area contributed by atoms with Crippen molar-refractivity contribution in [1.29, 1.82) is 0 Å². The fourth-order valence-electron chi connectivity index (χ4n) is 5.08. The van der Waals surface area contributed by atoms with Gasteiger partial charge < -0.3 is 20.5 Å². The molecule has 2 atom stereocenters. The number of alkyl carbamates (subject to hydrolysis) is 1. The highest BCUT2D eigenvalue weighted by Crippen LogP contribution is 2.50. The standard InChI is InChI=1S/C20H29N3O3/c1-2-26-19(25)21-14-9-12-23(13-14)15-7-10-20(11-8-15)16-5-3-4-6-17(16)22-18(20)24/h3-6,14-15,18,22,24H,2,7-13H2,1H3,(H,21,25)/t14-,15?,18?,20?/m0/s1. The van der Waals surface area contributed by atoms with Crippen LogP contribution in [0.25, 0.3) is 0 Å². The van der Waals surface area contributed by atoms with Crippen molar-refractivity contribution in [1.82, 2.24) is 10.2 Å². The number of nitrogens with zero attached hydrogens (tertiary/aromatic N) is 1. The number of hydrogen-bond donors (Lipinski definition) is 3. The van der Waals surface area contributed by atoms with Gasteiger partial charge in [-0.25, -0.2) is 4.79 Å². The van der Waals surface area contributed by atoms with E-state index in [1.165, 1.54) is 5.56 Å². The van der Waals surface area contributed by atoms with Gasteiger partial charge in [0.15, 0.2) is 0 Å². The van der Waals surface area contributed by atoms with Gasteiger partial charge in [0.2, 0.25) is 0 Å². The number of aliphatic hydroxyl groups is 1. The molecule has 3 aliphatic rings. The van der Waals surface area contributed by atoms with Gasteiger partial charge in [0, 0.05) is 36.3 Å². The van der Waals surface area contributed by atoms with E-state index in [1.807, 2.05) is 13.0 Å². The van der Waals surface area contributed by atoms with Crippen LogP contribution in [0, 0.1) is 0 Å². The van der Waals surface area contributed by atoms with Crippen LogP contribution in [0.15, 0.2) is 24.3 Å². The molecule has 1 spiro atoms. The summed E-state index contributed by atoms with van der Waals surface area (Å²) in [5, 5.41) is 16.9. The van der Waals surface area contributed by atoms with Gasteiger partial charge >= 0.3 is 6.09 Å². The maximum Gasteiger partial charge on any atom is 0.407 e. The number of benzene rings is 1. The van der Waals surface area contributed by atoms with Crippen molar-refractivity contribution in [2.45, 2.75) is 62.8 Å². The quantitative estimate of drug-likeness (QED) is 0.773. The maximum atomic E-state index is 11.6. The van der Waals surface area contributed by atoms with Gasteiger partial charge in [0.25, 0.3) is 0 Å². The van der Waals surface area contributed by atoms with Crippen LogP contribution in [0.5, 0.6) is 0 Å². The van der Waals surface area contributed by atoms with Crippen molar-refractivity contribution in [3.63, 3.8) is 0 Å². The van der Waals surface area contributed by atoms with E-state index in [9.17, 15) is 9.90 Å². The lowest BCUT2D eigenvalue weighted by Gasteiger charge is -2.42. The smallest absolute Gasteiger partial charge is 0.407 e.